The van der Waals surface area contributed by atoms with Crippen LogP contribution in [0.4, 0.5) is 0 Å². The second-order valence-electron chi connectivity index (χ2n) is 3.76. The fourth-order valence-electron chi connectivity index (χ4n) is 1.76. The Labute approximate surface area is 81.2 Å². The minimum atomic E-state index is 0.521. The molecule has 1 rings (SSSR count). The standard InChI is InChI=1S/C10H22N2O/c1-3-9(8-13-2)12-7-10-5-4-6-11-10/h9-12H,3-8H2,1-2H3. The Kier molecular flexibility index (Phi) is 5.35. The average Bonchev–Trinajstić information content (AvgIpc) is 2.64. The first-order valence-corrected chi connectivity index (χ1v) is 5.32. The Hall–Kier alpha value is -0.120. The van der Waals surface area contributed by atoms with Crippen molar-refractivity contribution in [2.45, 2.75) is 38.3 Å². The summed E-state index contributed by atoms with van der Waals surface area (Å²) < 4.78 is 5.13. The fourth-order valence-corrected chi connectivity index (χ4v) is 1.76. The predicted octanol–water partition coefficient (Wildman–Crippen LogP) is 0.753. The lowest BCUT2D eigenvalue weighted by Crippen LogP contribution is -2.41. The Morgan fingerprint density at radius 1 is 1.62 bits per heavy atom. The highest BCUT2D eigenvalue weighted by molar-refractivity contribution is 4.78. The van der Waals surface area contributed by atoms with Gasteiger partial charge in [0.2, 0.25) is 0 Å². The minimum absolute atomic E-state index is 0.521. The molecule has 0 bridgehead atoms. The van der Waals surface area contributed by atoms with Crippen LogP contribution in [0.25, 0.3) is 0 Å². The van der Waals surface area contributed by atoms with Crippen molar-refractivity contribution in [1.82, 2.24) is 10.6 Å². The van der Waals surface area contributed by atoms with Crippen LogP contribution in [0.2, 0.25) is 0 Å². The van der Waals surface area contributed by atoms with Crippen LogP contribution in [0, 0.1) is 0 Å². The van der Waals surface area contributed by atoms with E-state index in [-0.39, 0.29) is 0 Å². The topological polar surface area (TPSA) is 33.3 Å². The molecule has 13 heavy (non-hydrogen) atoms. The lowest BCUT2D eigenvalue weighted by Gasteiger charge is -2.18. The summed E-state index contributed by atoms with van der Waals surface area (Å²) in [4.78, 5) is 0. The van der Waals surface area contributed by atoms with Crippen molar-refractivity contribution in [3.8, 4) is 0 Å². The van der Waals surface area contributed by atoms with Crippen molar-refractivity contribution in [1.29, 1.82) is 0 Å². The number of nitrogens with one attached hydrogen (secondary N) is 2. The molecule has 1 aliphatic heterocycles. The Balaban J connectivity index is 2.07. The molecule has 2 unspecified atom stereocenters. The lowest BCUT2D eigenvalue weighted by molar-refractivity contribution is 0.163. The van der Waals surface area contributed by atoms with Gasteiger partial charge in [0, 0.05) is 25.7 Å². The molecular formula is C10H22N2O. The highest BCUT2D eigenvalue weighted by Crippen LogP contribution is 2.04. The number of hydrogen-bond acceptors (Lipinski definition) is 3. The molecule has 0 radical (unpaired) electrons. The van der Waals surface area contributed by atoms with Crippen molar-refractivity contribution in [3.05, 3.63) is 0 Å². The van der Waals surface area contributed by atoms with Crippen molar-refractivity contribution in [3.63, 3.8) is 0 Å². The molecule has 0 aromatic rings. The Bertz CT molecular complexity index is 124. The van der Waals surface area contributed by atoms with Crippen LogP contribution in [0.3, 0.4) is 0 Å². The van der Waals surface area contributed by atoms with E-state index < -0.39 is 0 Å². The summed E-state index contributed by atoms with van der Waals surface area (Å²) in [7, 11) is 1.76. The SMILES string of the molecule is CCC(COC)NCC1CCCN1. The molecule has 0 spiro atoms. The summed E-state index contributed by atoms with van der Waals surface area (Å²) >= 11 is 0. The molecule has 0 amide bonds. The van der Waals surface area contributed by atoms with Gasteiger partial charge >= 0.3 is 0 Å². The van der Waals surface area contributed by atoms with Gasteiger partial charge in [-0.05, 0) is 25.8 Å². The molecule has 2 N–H and O–H groups in total. The normalized spacial score (nSPS) is 24.9. The molecule has 1 saturated heterocycles. The Morgan fingerprint density at radius 3 is 3.00 bits per heavy atom. The average molecular weight is 186 g/mol. The number of ether oxygens (including phenoxy) is 1. The second kappa shape index (κ2) is 6.35. The van der Waals surface area contributed by atoms with Gasteiger partial charge in [-0.1, -0.05) is 6.92 Å². The molecular weight excluding hydrogens is 164 g/mol. The van der Waals surface area contributed by atoms with Crippen molar-refractivity contribution < 1.29 is 4.74 Å². The molecule has 3 heteroatoms. The van der Waals surface area contributed by atoms with Crippen LogP contribution in [-0.2, 0) is 4.74 Å². The molecule has 1 aliphatic rings. The lowest BCUT2D eigenvalue weighted by atomic mass is 10.2. The van der Waals surface area contributed by atoms with E-state index in [2.05, 4.69) is 17.6 Å². The van der Waals surface area contributed by atoms with E-state index in [9.17, 15) is 0 Å². The van der Waals surface area contributed by atoms with Crippen LogP contribution >= 0.6 is 0 Å². The number of rotatable bonds is 6. The van der Waals surface area contributed by atoms with Crippen LogP contribution in [-0.4, -0.2) is 38.9 Å². The van der Waals surface area contributed by atoms with E-state index in [4.69, 9.17) is 4.74 Å². The third kappa shape index (κ3) is 4.07. The molecule has 78 valence electrons. The molecule has 0 aliphatic carbocycles. The van der Waals surface area contributed by atoms with Crippen molar-refractivity contribution in [2.75, 3.05) is 26.8 Å². The summed E-state index contributed by atoms with van der Waals surface area (Å²) in [5, 5.41) is 7.00. The van der Waals surface area contributed by atoms with Gasteiger partial charge in [-0.2, -0.15) is 0 Å². The maximum Gasteiger partial charge on any atom is 0.0615 e. The quantitative estimate of drug-likeness (QED) is 0.642. The maximum atomic E-state index is 5.13. The first-order valence-electron chi connectivity index (χ1n) is 5.32. The van der Waals surface area contributed by atoms with Gasteiger partial charge in [0.25, 0.3) is 0 Å². The van der Waals surface area contributed by atoms with Crippen LogP contribution < -0.4 is 10.6 Å². The molecule has 1 fully saturated rings. The third-order valence-corrected chi connectivity index (χ3v) is 2.68. The molecule has 1 heterocycles. The maximum absolute atomic E-state index is 5.13. The summed E-state index contributed by atoms with van der Waals surface area (Å²) in [6.45, 7) is 5.29. The van der Waals surface area contributed by atoms with Gasteiger partial charge in [-0.3, -0.25) is 0 Å². The molecule has 0 saturated carbocycles. The molecule has 2 atom stereocenters. The zero-order valence-electron chi connectivity index (χ0n) is 8.81. The number of methoxy groups -OCH3 is 1. The zero-order valence-corrected chi connectivity index (χ0v) is 8.81. The monoisotopic (exact) mass is 186 g/mol. The minimum Gasteiger partial charge on any atom is -0.383 e. The van der Waals surface area contributed by atoms with E-state index in [0.717, 1.165) is 19.6 Å². The fraction of sp³-hybridized carbons (Fsp3) is 1.00. The summed E-state index contributed by atoms with van der Waals surface area (Å²) in [6.07, 6.45) is 3.78. The smallest absolute Gasteiger partial charge is 0.0615 e. The van der Waals surface area contributed by atoms with Crippen molar-refractivity contribution in [2.24, 2.45) is 0 Å². The van der Waals surface area contributed by atoms with Gasteiger partial charge in [0.05, 0.1) is 6.61 Å². The molecule has 0 aromatic heterocycles. The van der Waals surface area contributed by atoms with E-state index in [1.807, 2.05) is 0 Å². The van der Waals surface area contributed by atoms with Gasteiger partial charge in [0.15, 0.2) is 0 Å². The van der Waals surface area contributed by atoms with Gasteiger partial charge < -0.3 is 15.4 Å². The van der Waals surface area contributed by atoms with Crippen LogP contribution in [0.1, 0.15) is 26.2 Å². The Morgan fingerprint density at radius 2 is 2.46 bits per heavy atom. The predicted molar refractivity (Wildman–Crippen MR) is 55.0 cm³/mol. The molecule has 3 nitrogen and oxygen atoms in total. The highest BCUT2D eigenvalue weighted by atomic mass is 16.5. The van der Waals surface area contributed by atoms with Gasteiger partial charge in [-0.15, -0.1) is 0 Å². The van der Waals surface area contributed by atoms with Gasteiger partial charge in [0.1, 0.15) is 0 Å². The van der Waals surface area contributed by atoms with E-state index in [1.165, 1.54) is 19.4 Å². The van der Waals surface area contributed by atoms with E-state index >= 15 is 0 Å². The first kappa shape index (κ1) is 11.0. The van der Waals surface area contributed by atoms with Crippen LogP contribution in [0.15, 0.2) is 0 Å². The zero-order chi connectivity index (χ0) is 9.52. The first-order chi connectivity index (χ1) is 6.36. The van der Waals surface area contributed by atoms with Crippen molar-refractivity contribution >= 4 is 0 Å². The largest absolute Gasteiger partial charge is 0.383 e. The number of hydrogen-bond donors (Lipinski definition) is 2. The highest BCUT2D eigenvalue weighted by Gasteiger charge is 2.14. The summed E-state index contributed by atoms with van der Waals surface area (Å²) in [5.74, 6) is 0. The van der Waals surface area contributed by atoms with E-state index in [1.54, 1.807) is 7.11 Å². The van der Waals surface area contributed by atoms with Gasteiger partial charge in [-0.25, -0.2) is 0 Å². The third-order valence-electron chi connectivity index (χ3n) is 2.68. The summed E-state index contributed by atoms with van der Waals surface area (Å²) in [5.41, 5.74) is 0. The second-order valence-corrected chi connectivity index (χ2v) is 3.76. The van der Waals surface area contributed by atoms with Crippen LogP contribution in [0.5, 0.6) is 0 Å². The molecule has 0 aromatic carbocycles. The summed E-state index contributed by atoms with van der Waals surface area (Å²) in [6, 6.07) is 1.21. The van der Waals surface area contributed by atoms with E-state index in [0.29, 0.717) is 12.1 Å².